The summed E-state index contributed by atoms with van der Waals surface area (Å²) in [5.41, 5.74) is 7.87. The molecule has 1 heteroatoms. The first-order valence-electron chi connectivity index (χ1n) is 9.29. The summed E-state index contributed by atoms with van der Waals surface area (Å²) in [4.78, 5) is 11.6. The van der Waals surface area contributed by atoms with E-state index >= 15 is 0 Å². The second-order valence-corrected chi connectivity index (χ2v) is 7.16. The summed E-state index contributed by atoms with van der Waals surface area (Å²) in [5, 5.41) is 0. The molecule has 0 radical (unpaired) electrons. The molecule has 0 aromatic heterocycles. The van der Waals surface area contributed by atoms with Gasteiger partial charge in [0, 0.05) is 6.42 Å². The van der Waals surface area contributed by atoms with Gasteiger partial charge in [0.15, 0.2) is 0 Å². The molecule has 0 bridgehead atoms. The van der Waals surface area contributed by atoms with Crippen molar-refractivity contribution in [3.8, 4) is 0 Å². The van der Waals surface area contributed by atoms with E-state index in [1.165, 1.54) is 46.3 Å². The van der Waals surface area contributed by atoms with E-state index in [2.05, 4.69) is 65.8 Å². The van der Waals surface area contributed by atoms with Crippen LogP contribution in [0.2, 0.25) is 0 Å². The summed E-state index contributed by atoms with van der Waals surface area (Å²) in [6, 6.07) is 6.71. The van der Waals surface area contributed by atoms with Crippen molar-refractivity contribution < 1.29 is 4.79 Å². The highest BCUT2D eigenvalue weighted by Crippen LogP contribution is 2.29. The highest BCUT2D eigenvalue weighted by molar-refractivity contribution is 5.82. The lowest BCUT2D eigenvalue weighted by Crippen LogP contribution is -2.04. The summed E-state index contributed by atoms with van der Waals surface area (Å²) >= 11 is 0. The minimum atomic E-state index is 0.238. The molecule has 0 heterocycles. The summed E-state index contributed by atoms with van der Waals surface area (Å²) in [6.07, 6.45) is 6.37. The van der Waals surface area contributed by atoms with Crippen molar-refractivity contribution in [1.82, 2.24) is 0 Å². The van der Waals surface area contributed by atoms with Crippen LogP contribution in [0.1, 0.15) is 83.9 Å². The van der Waals surface area contributed by atoms with Gasteiger partial charge in [-0.1, -0.05) is 69.5 Å². The molecule has 1 rings (SSSR count). The van der Waals surface area contributed by atoms with Gasteiger partial charge in [-0.3, -0.25) is 4.79 Å². The molecule has 0 N–H and O–H groups in total. The van der Waals surface area contributed by atoms with Crippen LogP contribution in [-0.4, -0.2) is 5.78 Å². The molecule has 0 spiro atoms. The molecule has 0 aliphatic rings. The van der Waals surface area contributed by atoms with Crippen molar-refractivity contribution in [2.45, 2.75) is 74.1 Å². The second kappa shape index (κ2) is 9.61. The molecular formula is C23H34O. The first-order valence-corrected chi connectivity index (χ1v) is 9.29. The van der Waals surface area contributed by atoms with Gasteiger partial charge in [-0.05, 0) is 61.8 Å². The van der Waals surface area contributed by atoms with E-state index in [1.54, 1.807) is 6.92 Å². The summed E-state index contributed by atoms with van der Waals surface area (Å²) in [5.74, 6) is 0.631. The number of hydrogen-bond donors (Lipinski definition) is 0. The molecule has 0 unspecified atom stereocenters. The number of carbonyl (C=O) groups is 1. The minimum absolute atomic E-state index is 0.238. The molecule has 0 aliphatic heterocycles. The lowest BCUT2D eigenvalue weighted by Gasteiger charge is -2.17. The van der Waals surface area contributed by atoms with Gasteiger partial charge in [0.1, 0.15) is 5.78 Å². The maximum atomic E-state index is 11.6. The van der Waals surface area contributed by atoms with Crippen molar-refractivity contribution in [3.63, 3.8) is 0 Å². The number of benzene rings is 1. The number of aryl methyl sites for hydroxylation is 1. The van der Waals surface area contributed by atoms with E-state index in [0.717, 1.165) is 6.42 Å². The maximum Gasteiger partial charge on any atom is 0.133 e. The van der Waals surface area contributed by atoms with E-state index in [9.17, 15) is 4.79 Å². The zero-order chi connectivity index (χ0) is 18.3. The SMILES string of the molecule is CCC/C(=C/c1ccc(/C(C)=C(/CC(C)=O)C(C)C)c(C)c1)CC. The monoisotopic (exact) mass is 326 g/mol. The van der Waals surface area contributed by atoms with E-state index in [-0.39, 0.29) is 5.78 Å². The molecule has 0 aliphatic carbocycles. The molecule has 0 fully saturated rings. The fraction of sp³-hybridized carbons (Fsp3) is 0.522. The predicted molar refractivity (Wildman–Crippen MR) is 107 cm³/mol. The van der Waals surface area contributed by atoms with Crippen LogP contribution >= 0.6 is 0 Å². The normalized spacial score (nSPS) is 13.2. The van der Waals surface area contributed by atoms with E-state index < -0.39 is 0 Å². The van der Waals surface area contributed by atoms with Gasteiger partial charge in [-0.15, -0.1) is 0 Å². The molecule has 132 valence electrons. The molecular weight excluding hydrogens is 292 g/mol. The Bertz CT molecular complexity index is 629. The second-order valence-electron chi connectivity index (χ2n) is 7.16. The quantitative estimate of drug-likeness (QED) is 0.502. The Kier molecular flexibility index (Phi) is 8.18. The Morgan fingerprint density at radius 3 is 2.29 bits per heavy atom. The molecule has 1 aromatic rings. The van der Waals surface area contributed by atoms with Crippen LogP contribution in [-0.2, 0) is 4.79 Å². The fourth-order valence-corrected chi connectivity index (χ4v) is 3.32. The van der Waals surface area contributed by atoms with Crippen LogP contribution in [0.25, 0.3) is 11.6 Å². The minimum Gasteiger partial charge on any atom is -0.300 e. The lowest BCUT2D eigenvalue weighted by atomic mass is 9.88. The smallest absolute Gasteiger partial charge is 0.133 e. The number of hydrogen-bond acceptors (Lipinski definition) is 1. The van der Waals surface area contributed by atoms with Gasteiger partial charge in [0.2, 0.25) is 0 Å². The summed E-state index contributed by atoms with van der Waals surface area (Å²) in [6.45, 7) is 14.8. The first kappa shape index (κ1) is 20.4. The molecule has 1 aromatic carbocycles. The van der Waals surface area contributed by atoms with Crippen molar-refractivity contribution >= 4 is 17.4 Å². The molecule has 0 atom stereocenters. The van der Waals surface area contributed by atoms with Crippen LogP contribution in [0.3, 0.4) is 0 Å². The van der Waals surface area contributed by atoms with Crippen LogP contribution in [0.4, 0.5) is 0 Å². The van der Waals surface area contributed by atoms with E-state index in [4.69, 9.17) is 0 Å². The van der Waals surface area contributed by atoms with Gasteiger partial charge >= 0.3 is 0 Å². The Hall–Kier alpha value is -1.63. The lowest BCUT2D eigenvalue weighted by molar-refractivity contribution is -0.116. The number of rotatable bonds is 8. The van der Waals surface area contributed by atoms with Crippen LogP contribution in [0.15, 0.2) is 29.3 Å². The molecule has 1 nitrogen and oxygen atoms in total. The predicted octanol–water partition coefficient (Wildman–Crippen LogP) is 7.00. The van der Waals surface area contributed by atoms with Gasteiger partial charge in [0.25, 0.3) is 0 Å². The fourth-order valence-electron chi connectivity index (χ4n) is 3.32. The average molecular weight is 327 g/mol. The zero-order valence-electron chi connectivity index (χ0n) is 16.6. The van der Waals surface area contributed by atoms with Crippen molar-refractivity contribution in [2.75, 3.05) is 0 Å². The first-order chi connectivity index (χ1) is 11.3. The summed E-state index contributed by atoms with van der Waals surface area (Å²) < 4.78 is 0. The van der Waals surface area contributed by atoms with Crippen molar-refractivity contribution in [2.24, 2.45) is 5.92 Å². The highest BCUT2D eigenvalue weighted by Gasteiger charge is 2.13. The van der Waals surface area contributed by atoms with Gasteiger partial charge < -0.3 is 0 Å². The number of ketones is 1. The standard InChI is InChI=1S/C23H34O/c1-8-10-20(9-2)15-21-11-12-22(17(5)13-21)19(7)23(16(3)4)14-18(6)24/h11-13,15-16H,8-10,14H2,1-7H3/b20-15+,23-19-. The Morgan fingerprint density at radius 2 is 1.83 bits per heavy atom. The van der Waals surface area contributed by atoms with E-state index in [1.807, 2.05) is 0 Å². The largest absolute Gasteiger partial charge is 0.300 e. The van der Waals surface area contributed by atoms with E-state index in [0.29, 0.717) is 12.3 Å². The zero-order valence-corrected chi connectivity index (χ0v) is 16.6. The number of carbonyl (C=O) groups excluding carboxylic acids is 1. The van der Waals surface area contributed by atoms with Crippen LogP contribution in [0, 0.1) is 12.8 Å². The maximum absolute atomic E-state index is 11.6. The van der Waals surface area contributed by atoms with Gasteiger partial charge in [-0.2, -0.15) is 0 Å². The Morgan fingerprint density at radius 1 is 1.17 bits per heavy atom. The summed E-state index contributed by atoms with van der Waals surface area (Å²) in [7, 11) is 0. The third-order valence-corrected chi connectivity index (χ3v) is 4.67. The molecule has 0 amide bonds. The van der Waals surface area contributed by atoms with Crippen LogP contribution < -0.4 is 0 Å². The molecule has 0 saturated carbocycles. The van der Waals surface area contributed by atoms with Crippen molar-refractivity contribution in [1.29, 1.82) is 0 Å². The number of Topliss-reactive ketones (excluding diaryl/α,β-unsaturated/α-hetero) is 1. The third-order valence-electron chi connectivity index (χ3n) is 4.67. The number of allylic oxidation sites excluding steroid dienone is 3. The Balaban J connectivity index is 3.25. The average Bonchev–Trinajstić information content (AvgIpc) is 2.51. The van der Waals surface area contributed by atoms with Crippen LogP contribution in [0.5, 0.6) is 0 Å². The molecule has 24 heavy (non-hydrogen) atoms. The van der Waals surface area contributed by atoms with Gasteiger partial charge in [0.05, 0.1) is 0 Å². The third kappa shape index (κ3) is 5.78. The molecule has 0 saturated heterocycles. The van der Waals surface area contributed by atoms with Crippen molar-refractivity contribution in [3.05, 3.63) is 46.0 Å². The topological polar surface area (TPSA) is 17.1 Å². The van der Waals surface area contributed by atoms with Gasteiger partial charge in [-0.25, -0.2) is 0 Å². The highest BCUT2D eigenvalue weighted by atomic mass is 16.1. The Labute approximate surface area is 148 Å².